The topological polar surface area (TPSA) is 58.9 Å². The highest BCUT2D eigenvalue weighted by atomic mass is 15.3. The van der Waals surface area contributed by atoms with Crippen molar-refractivity contribution < 1.29 is 0 Å². The van der Waals surface area contributed by atoms with Crippen molar-refractivity contribution >= 4 is 5.95 Å². The maximum atomic E-state index is 4.63. The van der Waals surface area contributed by atoms with Crippen molar-refractivity contribution in [2.75, 3.05) is 11.4 Å². The summed E-state index contributed by atoms with van der Waals surface area (Å²) >= 11 is 0. The van der Waals surface area contributed by atoms with Gasteiger partial charge in [-0.25, -0.2) is 15.0 Å². The smallest absolute Gasteiger partial charge is 0.225 e. The molecule has 22 heavy (non-hydrogen) atoms. The van der Waals surface area contributed by atoms with E-state index in [1.165, 1.54) is 30.7 Å². The van der Waals surface area contributed by atoms with E-state index >= 15 is 0 Å². The zero-order valence-corrected chi connectivity index (χ0v) is 12.8. The average Bonchev–Trinajstić information content (AvgIpc) is 2.76. The minimum Gasteiger partial charge on any atom is -0.335 e. The van der Waals surface area contributed by atoms with Crippen LogP contribution in [0, 0.1) is 0 Å². The van der Waals surface area contributed by atoms with Crippen LogP contribution in [-0.2, 0) is 19.6 Å². The summed E-state index contributed by atoms with van der Waals surface area (Å²) in [5, 5.41) is 3.62. The molecular weight excluding hydrogens is 276 g/mol. The Morgan fingerprint density at radius 2 is 1.95 bits per heavy atom. The summed E-state index contributed by atoms with van der Waals surface area (Å²) in [5.41, 5.74) is 2.48. The van der Waals surface area contributed by atoms with Gasteiger partial charge in [-0.15, -0.1) is 0 Å². The molecular formula is C16H22N6. The summed E-state index contributed by atoms with van der Waals surface area (Å²) in [7, 11) is 0. The minimum atomic E-state index is 0.691. The molecule has 1 aliphatic heterocycles. The van der Waals surface area contributed by atoms with E-state index in [-0.39, 0.29) is 0 Å². The molecule has 2 aromatic heterocycles. The Balaban J connectivity index is 1.52. The zero-order chi connectivity index (χ0) is 14.8. The van der Waals surface area contributed by atoms with Crippen molar-refractivity contribution in [1.29, 1.82) is 0 Å². The lowest BCUT2D eigenvalue weighted by molar-refractivity contribution is 0.336. The predicted octanol–water partition coefficient (Wildman–Crippen LogP) is 1.73. The van der Waals surface area contributed by atoms with E-state index in [9.17, 15) is 0 Å². The average molecular weight is 298 g/mol. The van der Waals surface area contributed by atoms with Crippen LogP contribution in [0.4, 0.5) is 5.95 Å². The molecule has 6 nitrogen and oxygen atoms in total. The van der Waals surface area contributed by atoms with Gasteiger partial charge < -0.3 is 14.8 Å². The van der Waals surface area contributed by atoms with Gasteiger partial charge in [0.2, 0.25) is 5.95 Å². The Bertz CT molecular complexity index is 619. The molecule has 3 heterocycles. The van der Waals surface area contributed by atoms with Crippen LogP contribution in [0.25, 0.3) is 0 Å². The number of fused-ring (bicyclic) bond motifs is 1. The van der Waals surface area contributed by atoms with Crippen LogP contribution < -0.4 is 10.2 Å². The van der Waals surface area contributed by atoms with Crippen molar-refractivity contribution in [3.8, 4) is 0 Å². The maximum Gasteiger partial charge on any atom is 0.225 e. The quantitative estimate of drug-likeness (QED) is 0.931. The highest BCUT2D eigenvalue weighted by molar-refractivity contribution is 5.32. The van der Waals surface area contributed by atoms with Crippen LogP contribution >= 0.6 is 0 Å². The van der Waals surface area contributed by atoms with Crippen molar-refractivity contribution in [2.45, 2.75) is 51.4 Å². The van der Waals surface area contributed by atoms with Gasteiger partial charge in [-0.1, -0.05) is 6.42 Å². The third-order valence-corrected chi connectivity index (χ3v) is 4.70. The lowest BCUT2D eigenvalue weighted by Gasteiger charge is -2.26. The number of nitrogens with zero attached hydrogens (tertiary/aromatic N) is 5. The second-order valence-corrected chi connectivity index (χ2v) is 6.16. The van der Waals surface area contributed by atoms with Crippen LogP contribution in [-0.4, -0.2) is 32.1 Å². The fraction of sp³-hybridized carbons (Fsp3) is 0.562. The standard InChI is InChI=1S/C16H22N6/c1-4-13(5-1)19-10-14-15-11-21(16-17-6-2-7-18-16)8-3-9-22(15)12-20-14/h2,6-7,12-13,19H,1,3-5,8-11H2. The molecule has 1 saturated carbocycles. The number of aryl methyl sites for hydroxylation is 1. The number of rotatable bonds is 4. The highest BCUT2D eigenvalue weighted by Crippen LogP contribution is 2.21. The molecule has 0 unspecified atom stereocenters. The normalized spacial score (nSPS) is 18.6. The van der Waals surface area contributed by atoms with Crippen LogP contribution in [0.1, 0.15) is 37.1 Å². The van der Waals surface area contributed by atoms with Gasteiger partial charge in [-0.3, -0.25) is 0 Å². The van der Waals surface area contributed by atoms with Crippen LogP contribution in [0.2, 0.25) is 0 Å². The third-order valence-electron chi connectivity index (χ3n) is 4.70. The Morgan fingerprint density at radius 3 is 2.73 bits per heavy atom. The molecule has 0 bridgehead atoms. The Labute approximate surface area is 130 Å². The zero-order valence-electron chi connectivity index (χ0n) is 12.8. The number of hydrogen-bond donors (Lipinski definition) is 1. The second kappa shape index (κ2) is 6.04. The van der Waals surface area contributed by atoms with E-state index in [0.29, 0.717) is 6.04 Å². The molecule has 0 radical (unpaired) electrons. The van der Waals surface area contributed by atoms with Gasteiger partial charge in [0, 0.05) is 38.1 Å². The summed E-state index contributed by atoms with van der Waals surface area (Å²) in [6, 6.07) is 2.55. The summed E-state index contributed by atoms with van der Waals surface area (Å²) in [4.78, 5) is 15.7. The molecule has 2 aromatic rings. The van der Waals surface area contributed by atoms with E-state index in [1.807, 2.05) is 24.8 Å². The molecule has 1 N–H and O–H groups in total. The molecule has 116 valence electrons. The number of aromatic nitrogens is 4. The van der Waals surface area contributed by atoms with E-state index in [0.717, 1.165) is 38.5 Å². The van der Waals surface area contributed by atoms with E-state index < -0.39 is 0 Å². The van der Waals surface area contributed by atoms with E-state index in [1.54, 1.807) is 0 Å². The van der Waals surface area contributed by atoms with Crippen molar-refractivity contribution in [1.82, 2.24) is 24.8 Å². The number of anilines is 1. The largest absolute Gasteiger partial charge is 0.335 e. The summed E-state index contributed by atoms with van der Waals surface area (Å²) in [6.07, 6.45) is 10.7. The SMILES string of the molecule is c1cnc(N2CCCn3cnc(CNC4CCC4)c3C2)nc1. The fourth-order valence-corrected chi connectivity index (χ4v) is 3.14. The summed E-state index contributed by atoms with van der Waals surface area (Å²) in [6.45, 7) is 3.72. The predicted molar refractivity (Wildman–Crippen MR) is 84.4 cm³/mol. The molecule has 0 spiro atoms. The lowest BCUT2D eigenvalue weighted by Crippen LogP contribution is -2.35. The molecule has 1 aliphatic carbocycles. The van der Waals surface area contributed by atoms with Crippen LogP contribution in [0.3, 0.4) is 0 Å². The molecule has 0 saturated heterocycles. The number of imidazole rings is 1. The van der Waals surface area contributed by atoms with Gasteiger partial charge in [0.15, 0.2) is 0 Å². The van der Waals surface area contributed by atoms with Gasteiger partial charge in [0.25, 0.3) is 0 Å². The highest BCUT2D eigenvalue weighted by Gasteiger charge is 2.22. The monoisotopic (exact) mass is 298 g/mol. The Morgan fingerprint density at radius 1 is 1.09 bits per heavy atom. The third kappa shape index (κ3) is 2.70. The molecule has 1 fully saturated rings. The first-order chi connectivity index (χ1) is 10.9. The van der Waals surface area contributed by atoms with Crippen molar-refractivity contribution in [3.63, 3.8) is 0 Å². The molecule has 6 heteroatoms. The van der Waals surface area contributed by atoms with Crippen molar-refractivity contribution in [3.05, 3.63) is 36.2 Å². The molecule has 0 aromatic carbocycles. The van der Waals surface area contributed by atoms with E-state index in [2.05, 4.69) is 29.7 Å². The van der Waals surface area contributed by atoms with Crippen molar-refractivity contribution in [2.24, 2.45) is 0 Å². The maximum absolute atomic E-state index is 4.63. The fourth-order valence-electron chi connectivity index (χ4n) is 3.14. The molecule has 0 atom stereocenters. The van der Waals surface area contributed by atoms with Gasteiger partial charge in [-0.05, 0) is 25.3 Å². The first kappa shape index (κ1) is 13.7. The first-order valence-corrected chi connectivity index (χ1v) is 8.18. The summed E-state index contributed by atoms with van der Waals surface area (Å²) in [5.74, 6) is 0.815. The van der Waals surface area contributed by atoms with Crippen LogP contribution in [0.5, 0.6) is 0 Å². The number of hydrogen-bond acceptors (Lipinski definition) is 5. The van der Waals surface area contributed by atoms with Gasteiger partial charge in [-0.2, -0.15) is 0 Å². The van der Waals surface area contributed by atoms with Gasteiger partial charge in [0.05, 0.1) is 24.3 Å². The molecule has 2 aliphatic rings. The molecule has 0 amide bonds. The minimum absolute atomic E-state index is 0.691. The Hall–Kier alpha value is -1.95. The van der Waals surface area contributed by atoms with Gasteiger partial charge >= 0.3 is 0 Å². The van der Waals surface area contributed by atoms with Gasteiger partial charge in [0.1, 0.15) is 0 Å². The summed E-state index contributed by atoms with van der Waals surface area (Å²) < 4.78 is 2.29. The van der Waals surface area contributed by atoms with E-state index in [4.69, 9.17) is 0 Å². The number of nitrogens with one attached hydrogen (secondary N) is 1. The lowest BCUT2D eigenvalue weighted by atomic mass is 9.93. The Kier molecular flexibility index (Phi) is 3.76. The first-order valence-electron chi connectivity index (χ1n) is 8.18. The second-order valence-electron chi connectivity index (χ2n) is 6.16. The van der Waals surface area contributed by atoms with Crippen LogP contribution in [0.15, 0.2) is 24.8 Å². The molecule has 4 rings (SSSR count).